The molecule has 1 fully saturated rings. The van der Waals surface area contributed by atoms with Gasteiger partial charge in [-0.1, -0.05) is 31.4 Å². The molecule has 0 spiro atoms. The van der Waals surface area contributed by atoms with Gasteiger partial charge in [0.05, 0.1) is 13.2 Å². The molecule has 122 valence electrons. The van der Waals surface area contributed by atoms with Gasteiger partial charge in [0, 0.05) is 19.3 Å². The van der Waals surface area contributed by atoms with E-state index in [2.05, 4.69) is 29.7 Å². The topological polar surface area (TPSA) is 50.4 Å². The molecular weight excluding hydrogens is 276 g/mol. The molecule has 1 aromatic carbocycles. The highest BCUT2D eigenvalue weighted by molar-refractivity contribution is 5.93. The van der Waals surface area contributed by atoms with Gasteiger partial charge in [-0.2, -0.15) is 0 Å². The van der Waals surface area contributed by atoms with E-state index in [1.165, 1.54) is 37.7 Å². The summed E-state index contributed by atoms with van der Waals surface area (Å²) in [6.45, 7) is 3.68. The van der Waals surface area contributed by atoms with E-state index >= 15 is 0 Å². The summed E-state index contributed by atoms with van der Waals surface area (Å²) in [5.74, 6) is 0.692. The van der Waals surface area contributed by atoms with Crippen molar-refractivity contribution in [1.82, 2.24) is 5.32 Å². The lowest BCUT2D eigenvalue weighted by molar-refractivity contribution is -0.115. The lowest BCUT2D eigenvalue weighted by Gasteiger charge is -2.23. The summed E-state index contributed by atoms with van der Waals surface area (Å²) < 4.78 is 4.94. The van der Waals surface area contributed by atoms with Crippen molar-refractivity contribution in [2.24, 2.45) is 0 Å². The van der Waals surface area contributed by atoms with Gasteiger partial charge in [-0.3, -0.25) is 4.79 Å². The maximum Gasteiger partial charge on any atom is 0.238 e. The van der Waals surface area contributed by atoms with E-state index < -0.39 is 0 Å². The van der Waals surface area contributed by atoms with Crippen LogP contribution in [0.15, 0.2) is 18.2 Å². The zero-order valence-corrected chi connectivity index (χ0v) is 13.8. The zero-order chi connectivity index (χ0) is 15.8. The number of anilines is 1. The number of nitrogens with one attached hydrogen (secondary N) is 2. The number of carbonyl (C=O) groups excluding carboxylic acids is 1. The van der Waals surface area contributed by atoms with Crippen molar-refractivity contribution in [3.8, 4) is 0 Å². The Bertz CT molecular complexity index is 482. The van der Waals surface area contributed by atoms with Crippen molar-refractivity contribution in [3.05, 3.63) is 29.3 Å². The van der Waals surface area contributed by atoms with Crippen molar-refractivity contribution in [3.63, 3.8) is 0 Å². The second-order valence-electron chi connectivity index (χ2n) is 6.13. The Morgan fingerprint density at radius 1 is 1.27 bits per heavy atom. The standard InChI is InChI=1S/C18H28N2O2/c1-14-12-16(15-6-4-3-5-7-15)8-9-17(14)20-18(21)13-19-10-11-22-2/h8-9,12,15,19H,3-7,10-11,13H2,1-2H3,(H,20,21). The van der Waals surface area contributed by atoms with Gasteiger partial charge in [0.2, 0.25) is 5.91 Å². The molecule has 0 atom stereocenters. The van der Waals surface area contributed by atoms with Crippen LogP contribution in [0.5, 0.6) is 0 Å². The van der Waals surface area contributed by atoms with Crippen molar-refractivity contribution in [1.29, 1.82) is 0 Å². The Morgan fingerprint density at radius 2 is 2.05 bits per heavy atom. The van der Waals surface area contributed by atoms with Crippen LogP contribution >= 0.6 is 0 Å². The summed E-state index contributed by atoms with van der Waals surface area (Å²) in [6, 6.07) is 6.47. The fraction of sp³-hybridized carbons (Fsp3) is 0.611. The van der Waals surface area contributed by atoms with Crippen molar-refractivity contribution in [2.45, 2.75) is 44.9 Å². The molecule has 1 aromatic rings. The molecule has 4 heteroatoms. The minimum Gasteiger partial charge on any atom is -0.383 e. The maximum atomic E-state index is 11.9. The zero-order valence-electron chi connectivity index (χ0n) is 13.8. The molecule has 0 aromatic heterocycles. The van der Waals surface area contributed by atoms with Gasteiger partial charge in [-0.15, -0.1) is 0 Å². The van der Waals surface area contributed by atoms with Crippen LogP contribution in [0, 0.1) is 6.92 Å². The van der Waals surface area contributed by atoms with Crippen LogP contribution in [-0.4, -0.2) is 32.7 Å². The number of benzene rings is 1. The summed E-state index contributed by atoms with van der Waals surface area (Å²) in [7, 11) is 1.65. The summed E-state index contributed by atoms with van der Waals surface area (Å²) in [5, 5.41) is 6.03. The number of amides is 1. The first-order valence-electron chi connectivity index (χ1n) is 8.30. The molecule has 0 aliphatic heterocycles. The molecule has 0 bridgehead atoms. The summed E-state index contributed by atoms with van der Waals surface area (Å²) >= 11 is 0. The van der Waals surface area contributed by atoms with Crippen molar-refractivity contribution >= 4 is 11.6 Å². The van der Waals surface area contributed by atoms with E-state index in [4.69, 9.17) is 4.74 Å². The number of ether oxygens (including phenoxy) is 1. The number of carbonyl (C=O) groups is 1. The third-order valence-corrected chi connectivity index (χ3v) is 4.37. The van der Waals surface area contributed by atoms with Gasteiger partial charge in [0.15, 0.2) is 0 Å². The molecule has 0 unspecified atom stereocenters. The molecule has 2 N–H and O–H groups in total. The van der Waals surface area contributed by atoms with Crippen LogP contribution in [0.2, 0.25) is 0 Å². The van der Waals surface area contributed by atoms with Gasteiger partial charge >= 0.3 is 0 Å². The fourth-order valence-electron chi connectivity index (χ4n) is 3.09. The maximum absolute atomic E-state index is 11.9. The lowest BCUT2D eigenvalue weighted by Crippen LogP contribution is -2.30. The van der Waals surface area contributed by atoms with Crippen LogP contribution < -0.4 is 10.6 Å². The molecule has 1 amide bonds. The molecule has 0 radical (unpaired) electrons. The van der Waals surface area contributed by atoms with E-state index in [1.54, 1.807) is 7.11 Å². The van der Waals surface area contributed by atoms with Crippen molar-refractivity contribution in [2.75, 3.05) is 32.1 Å². The van der Waals surface area contributed by atoms with Gasteiger partial charge in [-0.05, 0) is 42.9 Å². The summed E-state index contributed by atoms with van der Waals surface area (Å²) in [6.07, 6.45) is 6.66. The quantitative estimate of drug-likeness (QED) is 0.761. The number of aryl methyl sites for hydroxylation is 1. The second-order valence-corrected chi connectivity index (χ2v) is 6.13. The summed E-state index contributed by atoms with van der Waals surface area (Å²) in [5.41, 5.74) is 3.49. The van der Waals surface area contributed by atoms with E-state index in [1.807, 2.05) is 6.07 Å². The van der Waals surface area contributed by atoms with E-state index in [0.29, 0.717) is 25.6 Å². The molecule has 22 heavy (non-hydrogen) atoms. The highest BCUT2D eigenvalue weighted by atomic mass is 16.5. The predicted octanol–water partition coefficient (Wildman–Crippen LogP) is 3.22. The first-order chi connectivity index (χ1) is 10.7. The minimum absolute atomic E-state index is 0.00961. The van der Waals surface area contributed by atoms with E-state index in [-0.39, 0.29) is 5.91 Å². The molecule has 0 saturated heterocycles. The SMILES string of the molecule is COCCNCC(=O)Nc1ccc(C2CCCCC2)cc1C. The van der Waals surface area contributed by atoms with Crippen LogP contribution in [0.3, 0.4) is 0 Å². The number of hydrogen-bond acceptors (Lipinski definition) is 3. The first kappa shape index (κ1) is 17.0. The van der Waals surface area contributed by atoms with Gasteiger partial charge in [0.25, 0.3) is 0 Å². The van der Waals surface area contributed by atoms with Gasteiger partial charge < -0.3 is 15.4 Å². The number of rotatable bonds is 7. The molecule has 2 rings (SSSR count). The van der Waals surface area contributed by atoms with Crippen LogP contribution in [-0.2, 0) is 9.53 Å². The number of methoxy groups -OCH3 is 1. The molecule has 1 aliphatic rings. The normalized spacial score (nSPS) is 15.7. The Labute approximate surface area is 133 Å². The Hall–Kier alpha value is -1.39. The van der Waals surface area contributed by atoms with Crippen LogP contribution in [0.25, 0.3) is 0 Å². The monoisotopic (exact) mass is 304 g/mol. The molecule has 0 heterocycles. The predicted molar refractivity (Wildman–Crippen MR) is 90.4 cm³/mol. The molecular formula is C18H28N2O2. The van der Waals surface area contributed by atoms with Gasteiger partial charge in [0.1, 0.15) is 0 Å². The fourth-order valence-corrected chi connectivity index (χ4v) is 3.09. The highest BCUT2D eigenvalue weighted by Gasteiger charge is 2.16. The second kappa shape index (κ2) is 8.91. The smallest absolute Gasteiger partial charge is 0.238 e. The Kier molecular flexibility index (Phi) is 6.87. The van der Waals surface area contributed by atoms with E-state index in [9.17, 15) is 4.79 Å². The molecule has 4 nitrogen and oxygen atoms in total. The highest BCUT2D eigenvalue weighted by Crippen LogP contribution is 2.33. The van der Waals surface area contributed by atoms with Gasteiger partial charge in [-0.25, -0.2) is 0 Å². The average Bonchev–Trinajstić information content (AvgIpc) is 2.54. The minimum atomic E-state index is -0.00961. The van der Waals surface area contributed by atoms with Crippen LogP contribution in [0.1, 0.15) is 49.1 Å². The molecule has 1 saturated carbocycles. The average molecular weight is 304 g/mol. The largest absolute Gasteiger partial charge is 0.383 e. The third kappa shape index (κ3) is 5.11. The Balaban J connectivity index is 1.87. The van der Waals surface area contributed by atoms with Crippen molar-refractivity contribution < 1.29 is 9.53 Å². The first-order valence-corrected chi connectivity index (χ1v) is 8.30. The number of hydrogen-bond donors (Lipinski definition) is 2. The Morgan fingerprint density at radius 3 is 2.73 bits per heavy atom. The van der Waals surface area contributed by atoms with E-state index in [0.717, 1.165) is 11.3 Å². The molecule has 1 aliphatic carbocycles. The third-order valence-electron chi connectivity index (χ3n) is 4.37. The van der Waals surface area contributed by atoms with Crippen LogP contribution in [0.4, 0.5) is 5.69 Å². The summed E-state index contributed by atoms with van der Waals surface area (Å²) in [4.78, 5) is 11.9. The lowest BCUT2D eigenvalue weighted by atomic mass is 9.83.